The highest BCUT2D eigenvalue weighted by Crippen LogP contribution is 2.22. The summed E-state index contributed by atoms with van der Waals surface area (Å²) in [6.07, 6.45) is 0. The van der Waals surface area contributed by atoms with E-state index >= 15 is 0 Å². The van der Waals surface area contributed by atoms with Crippen LogP contribution in [0, 0.1) is 0 Å². The van der Waals surface area contributed by atoms with Crippen LogP contribution in [0.4, 0.5) is 0 Å². The lowest BCUT2D eigenvalue weighted by Gasteiger charge is -2.11. The van der Waals surface area contributed by atoms with Crippen molar-refractivity contribution in [3.8, 4) is 17.2 Å². The molecule has 2 N–H and O–H groups in total. The first kappa shape index (κ1) is 15.1. The van der Waals surface area contributed by atoms with E-state index in [2.05, 4.69) is 0 Å². The van der Waals surface area contributed by atoms with Crippen molar-refractivity contribution in [1.29, 1.82) is 0 Å². The molecule has 0 spiro atoms. The van der Waals surface area contributed by atoms with Gasteiger partial charge in [-0.25, -0.2) is 0 Å². The van der Waals surface area contributed by atoms with Crippen molar-refractivity contribution >= 4 is 17.2 Å². The van der Waals surface area contributed by atoms with Crippen molar-refractivity contribution in [2.24, 2.45) is 5.73 Å². The van der Waals surface area contributed by atoms with Gasteiger partial charge >= 0.3 is 0 Å². The number of benzene rings is 2. The van der Waals surface area contributed by atoms with Crippen LogP contribution in [0.15, 0.2) is 48.5 Å². The summed E-state index contributed by atoms with van der Waals surface area (Å²) in [6, 6.07) is 14.9. The van der Waals surface area contributed by atoms with Gasteiger partial charge in [0.2, 0.25) is 0 Å². The number of rotatable bonds is 7. The number of methoxy groups -OCH3 is 1. The zero-order chi connectivity index (χ0) is 15.1. The van der Waals surface area contributed by atoms with Crippen LogP contribution in [0.25, 0.3) is 0 Å². The third kappa shape index (κ3) is 4.65. The van der Waals surface area contributed by atoms with Crippen LogP contribution in [0.5, 0.6) is 17.2 Å². The molecule has 5 heteroatoms. The number of hydrogen-bond acceptors (Lipinski definition) is 4. The Morgan fingerprint density at radius 1 is 0.952 bits per heavy atom. The number of ether oxygens (including phenoxy) is 3. The van der Waals surface area contributed by atoms with E-state index < -0.39 is 0 Å². The molecule has 2 rings (SSSR count). The van der Waals surface area contributed by atoms with Crippen molar-refractivity contribution in [2.75, 3.05) is 20.3 Å². The molecular formula is C16H17NO3S. The van der Waals surface area contributed by atoms with E-state index in [1.165, 1.54) is 0 Å². The maximum Gasteiger partial charge on any atom is 0.123 e. The topological polar surface area (TPSA) is 53.7 Å². The largest absolute Gasteiger partial charge is 0.497 e. The molecule has 110 valence electrons. The second kappa shape index (κ2) is 7.50. The van der Waals surface area contributed by atoms with E-state index in [9.17, 15) is 0 Å². The average molecular weight is 303 g/mol. The Bertz CT molecular complexity index is 602. The normalized spacial score (nSPS) is 9.95. The van der Waals surface area contributed by atoms with Crippen LogP contribution < -0.4 is 19.9 Å². The number of hydrogen-bond donors (Lipinski definition) is 1. The molecular weight excluding hydrogens is 286 g/mol. The Labute approximate surface area is 129 Å². The molecule has 0 atom stereocenters. The summed E-state index contributed by atoms with van der Waals surface area (Å²) in [7, 11) is 1.58. The van der Waals surface area contributed by atoms with Crippen LogP contribution >= 0.6 is 12.2 Å². The summed E-state index contributed by atoms with van der Waals surface area (Å²) in [5.41, 5.74) is 6.34. The van der Waals surface area contributed by atoms with Crippen molar-refractivity contribution in [3.05, 3.63) is 54.1 Å². The Balaban J connectivity index is 1.90. The van der Waals surface area contributed by atoms with Gasteiger partial charge in [0, 0.05) is 11.6 Å². The van der Waals surface area contributed by atoms with E-state index in [0.29, 0.717) is 35.3 Å². The first-order chi connectivity index (χ1) is 10.2. The van der Waals surface area contributed by atoms with Gasteiger partial charge in [-0.15, -0.1) is 0 Å². The quantitative estimate of drug-likeness (QED) is 0.629. The molecule has 0 unspecified atom stereocenters. The lowest BCUT2D eigenvalue weighted by molar-refractivity contribution is 0.216. The molecule has 0 bridgehead atoms. The van der Waals surface area contributed by atoms with Crippen molar-refractivity contribution in [3.63, 3.8) is 0 Å². The summed E-state index contributed by atoms with van der Waals surface area (Å²) < 4.78 is 16.4. The maximum atomic E-state index is 5.64. The van der Waals surface area contributed by atoms with Crippen LogP contribution in [0.2, 0.25) is 0 Å². The fourth-order valence-electron chi connectivity index (χ4n) is 1.75. The van der Waals surface area contributed by atoms with Gasteiger partial charge in [-0.05, 0) is 24.3 Å². The van der Waals surface area contributed by atoms with Crippen LogP contribution in [-0.4, -0.2) is 25.3 Å². The highest BCUT2D eigenvalue weighted by atomic mass is 32.1. The summed E-state index contributed by atoms with van der Waals surface area (Å²) >= 11 is 4.97. The minimum atomic E-state index is 0.305. The van der Waals surface area contributed by atoms with Gasteiger partial charge in [0.25, 0.3) is 0 Å². The summed E-state index contributed by atoms with van der Waals surface area (Å²) in [4.78, 5) is 0.305. The van der Waals surface area contributed by atoms with Gasteiger partial charge in [-0.1, -0.05) is 30.4 Å². The van der Waals surface area contributed by atoms with Crippen LogP contribution in [0.1, 0.15) is 5.56 Å². The lowest BCUT2D eigenvalue weighted by atomic mass is 10.2. The summed E-state index contributed by atoms with van der Waals surface area (Å²) in [6.45, 7) is 0.864. The lowest BCUT2D eigenvalue weighted by Crippen LogP contribution is -2.12. The standard InChI is InChI=1S/C16H17NO3S/c1-18-14-9-12(16(17)21)10-15(11-14)20-8-7-19-13-5-3-2-4-6-13/h2-6,9-11H,7-8H2,1H3,(H2,17,21). The third-order valence-corrected chi connectivity index (χ3v) is 3.00. The number of thiocarbonyl (C=S) groups is 1. The molecule has 0 radical (unpaired) electrons. The van der Waals surface area contributed by atoms with Gasteiger partial charge in [-0.3, -0.25) is 0 Å². The van der Waals surface area contributed by atoms with Crippen molar-refractivity contribution < 1.29 is 14.2 Å². The minimum absolute atomic E-state index is 0.305. The van der Waals surface area contributed by atoms with Crippen LogP contribution in [-0.2, 0) is 0 Å². The zero-order valence-electron chi connectivity index (χ0n) is 11.7. The second-order valence-corrected chi connectivity index (χ2v) is 4.71. The van der Waals surface area contributed by atoms with Gasteiger partial charge in [0.1, 0.15) is 35.5 Å². The van der Waals surface area contributed by atoms with E-state index in [1.807, 2.05) is 30.3 Å². The summed E-state index contributed by atoms with van der Waals surface area (Å²) in [5.74, 6) is 2.11. The van der Waals surface area contributed by atoms with E-state index in [-0.39, 0.29) is 0 Å². The van der Waals surface area contributed by atoms with E-state index in [0.717, 1.165) is 5.75 Å². The predicted molar refractivity (Wildman–Crippen MR) is 86.3 cm³/mol. The highest BCUT2D eigenvalue weighted by Gasteiger charge is 2.04. The van der Waals surface area contributed by atoms with Gasteiger partial charge in [0.15, 0.2) is 0 Å². The molecule has 2 aromatic carbocycles. The monoisotopic (exact) mass is 303 g/mol. The van der Waals surface area contributed by atoms with Gasteiger partial charge in [-0.2, -0.15) is 0 Å². The van der Waals surface area contributed by atoms with Crippen molar-refractivity contribution in [2.45, 2.75) is 0 Å². The van der Waals surface area contributed by atoms with Gasteiger partial charge in [0.05, 0.1) is 7.11 Å². The predicted octanol–water partition coefficient (Wildman–Crippen LogP) is 2.79. The molecule has 4 nitrogen and oxygen atoms in total. The fraction of sp³-hybridized carbons (Fsp3) is 0.188. The zero-order valence-corrected chi connectivity index (χ0v) is 12.6. The molecule has 0 aliphatic carbocycles. The Kier molecular flexibility index (Phi) is 5.40. The van der Waals surface area contributed by atoms with E-state index in [1.54, 1.807) is 25.3 Å². The molecule has 21 heavy (non-hydrogen) atoms. The Hall–Kier alpha value is -2.27. The Morgan fingerprint density at radius 2 is 1.57 bits per heavy atom. The van der Waals surface area contributed by atoms with Gasteiger partial charge < -0.3 is 19.9 Å². The Morgan fingerprint density at radius 3 is 2.19 bits per heavy atom. The smallest absolute Gasteiger partial charge is 0.123 e. The molecule has 0 aliphatic heterocycles. The fourth-order valence-corrected chi connectivity index (χ4v) is 1.87. The average Bonchev–Trinajstić information content (AvgIpc) is 2.52. The first-order valence-corrected chi connectivity index (χ1v) is 6.89. The first-order valence-electron chi connectivity index (χ1n) is 6.48. The molecule has 0 saturated carbocycles. The summed E-state index contributed by atoms with van der Waals surface area (Å²) in [5, 5.41) is 0. The molecule has 0 aromatic heterocycles. The molecule has 0 amide bonds. The van der Waals surface area contributed by atoms with Crippen molar-refractivity contribution in [1.82, 2.24) is 0 Å². The molecule has 0 heterocycles. The molecule has 0 fully saturated rings. The van der Waals surface area contributed by atoms with Crippen LogP contribution in [0.3, 0.4) is 0 Å². The number of para-hydroxylation sites is 1. The maximum absolute atomic E-state index is 5.64. The molecule has 0 saturated heterocycles. The molecule has 2 aromatic rings. The number of nitrogens with two attached hydrogens (primary N) is 1. The molecule has 0 aliphatic rings. The minimum Gasteiger partial charge on any atom is -0.497 e. The van der Waals surface area contributed by atoms with E-state index in [4.69, 9.17) is 32.2 Å². The third-order valence-electron chi connectivity index (χ3n) is 2.76. The second-order valence-electron chi connectivity index (χ2n) is 4.27. The SMILES string of the molecule is COc1cc(OCCOc2ccccc2)cc(C(N)=S)c1. The highest BCUT2D eigenvalue weighted by molar-refractivity contribution is 7.80.